The highest BCUT2D eigenvalue weighted by Crippen LogP contribution is 2.30. The molecule has 2 N–H and O–H groups in total. The predicted molar refractivity (Wildman–Crippen MR) is 150 cm³/mol. The van der Waals surface area contributed by atoms with Crippen molar-refractivity contribution in [1.82, 2.24) is 14.5 Å². The number of hydrogen-bond acceptors (Lipinski definition) is 6. The third kappa shape index (κ3) is 5.02. The largest absolute Gasteiger partial charge is 0.457 e. The lowest BCUT2D eigenvalue weighted by atomic mass is 9.95. The third-order valence-electron chi connectivity index (χ3n) is 6.94. The second-order valence-corrected chi connectivity index (χ2v) is 9.53. The van der Waals surface area contributed by atoms with Crippen LogP contribution in [0.5, 0.6) is 11.5 Å². The van der Waals surface area contributed by atoms with Crippen LogP contribution in [-0.2, 0) is 0 Å². The van der Waals surface area contributed by atoms with Crippen molar-refractivity contribution in [3.05, 3.63) is 97.0 Å². The van der Waals surface area contributed by atoms with E-state index in [4.69, 9.17) is 4.74 Å². The number of anilines is 3. The van der Waals surface area contributed by atoms with Crippen molar-refractivity contribution in [2.45, 2.75) is 38.1 Å². The summed E-state index contributed by atoms with van der Waals surface area (Å²) < 4.78 is 7.93. The smallest absolute Gasteiger partial charge is 0.150 e. The van der Waals surface area contributed by atoms with Gasteiger partial charge in [0, 0.05) is 23.6 Å². The van der Waals surface area contributed by atoms with Crippen LogP contribution in [-0.4, -0.2) is 20.6 Å². The molecule has 0 amide bonds. The van der Waals surface area contributed by atoms with Crippen molar-refractivity contribution >= 4 is 28.2 Å². The minimum Gasteiger partial charge on any atom is -0.457 e. The summed E-state index contributed by atoms with van der Waals surface area (Å²) in [5, 5.41) is 17.6. The summed E-state index contributed by atoms with van der Waals surface area (Å²) in [6.45, 7) is 0. The number of fused-ring (bicyclic) bond motifs is 1. The first-order valence-electron chi connectivity index (χ1n) is 13.0. The standard InChI is InChI=1S/C31H28N6O/c32-20-22-11-14-25(19-29(22)35-23-7-3-1-4-8-23)37-18-17-28-30(33-21-34-31(28)37)36-24-12-15-27(16-13-24)38-26-9-5-2-6-10-26/h2,5-6,9-19,21,23,35H,1,3-4,7-8H2,(H,33,34,36). The average molecular weight is 501 g/mol. The Hall–Kier alpha value is -4.83. The summed E-state index contributed by atoms with van der Waals surface area (Å²) in [4.78, 5) is 9.07. The SMILES string of the molecule is N#Cc1ccc(-n2ccc3c(Nc4ccc(Oc5ccccc5)cc4)ncnc32)cc1NC1CCCCC1. The van der Waals surface area contributed by atoms with Crippen LogP contribution in [0.4, 0.5) is 17.2 Å². The number of ether oxygens (including phenoxy) is 1. The first-order chi connectivity index (χ1) is 18.8. The molecule has 2 heterocycles. The summed E-state index contributed by atoms with van der Waals surface area (Å²) in [6, 6.07) is 28.1. The lowest BCUT2D eigenvalue weighted by Gasteiger charge is -2.24. The molecule has 0 bridgehead atoms. The molecule has 0 radical (unpaired) electrons. The van der Waals surface area contributed by atoms with Crippen LogP contribution in [0.3, 0.4) is 0 Å². The lowest BCUT2D eigenvalue weighted by molar-refractivity contribution is 0.462. The van der Waals surface area contributed by atoms with Crippen LogP contribution >= 0.6 is 0 Å². The molecule has 7 nitrogen and oxygen atoms in total. The number of hydrogen-bond donors (Lipinski definition) is 2. The van der Waals surface area contributed by atoms with Crippen LogP contribution in [0.25, 0.3) is 16.7 Å². The van der Waals surface area contributed by atoms with Crippen LogP contribution < -0.4 is 15.4 Å². The molecule has 1 saturated carbocycles. The third-order valence-corrected chi connectivity index (χ3v) is 6.94. The van der Waals surface area contributed by atoms with Gasteiger partial charge in [0.2, 0.25) is 0 Å². The fourth-order valence-corrected chi connectivity index (χ4v) is 4.99. The maximum Gasteiger partial charge on any atom is 0.150 e. The van der Waals surface area contributed by atoms with E-state index in [1.165, 1.54) is 19.3 Å². The van der Waals surface area contributed by atoms with Gasteiger partial charge in [-0.1, -0.05) is 37.5 Å². The lowest BCUT2D eigenvalue weighted by Crippen LogP contribution is -2.22. The van der Waals surface area contributed by atoms with Gasteiger partial charge in [-0.2, -0.15) is 5.26 Å². The van der Waals surface area contributed by atoms with Gasteiger partial charge in [0.15, 0.2) is 0 Å². The average Bonchev–Trinajstić information content (AvgIpc) is 3.40. The van der Waals surface area contributed by atoms with Crippen molar-refractivity contribution < 1.29 is 4.74 Å². The highest BCUT2D eigenvalue weighted by Gasteiger charge is 2.16. The fraction of sp³-hybridized carbons (Fsp3) is 0.194. The molecule has 5 aromatic rings. The Morgan fingerprint density at radius 1 is 0.868 bits per heavy atom. The zero-order valence-corrected chi connectivity index (χ0v) is 21.0. The molecular formula is C31H28N6O. The van der Waals surface area contributed by atoms with Crippen molar-refractivity contribution in [3.8, 4) is 23.3 Å². The zero-order valence-electron chi connectivity index (χ0n) is 21.0. The first kappa shape index (κ1) is 23.6. The molecule has 7 heteroatoms. The number of para-hydroxylation sites is 1. The molecule has 1 aliphatic carbocycles. The minimum atomic E-state index is 0.412. The zero-order chi connectivity index (χ0) is 25.7. The van der Waals surface area contributed by atoms with Crippen molar-refractivity contribution in [2.24, 2.45) is 0 Å². The van der Waals surface area contributed by atoms with Gasteiger partial charge in [-0.15, -0.1) is 0 Å². The van der Waals surface area contributed by atoms with Gasteiger partial charge in [0.1, 0.15) is 35.4 Å². The maximum absolute atomic E-state index is 9.68. The molecule has 2 aromatic heterocycles. The molecule has 0 atom stereocenters. The summed E-state index contributed by atoms with van der Waals surface area (Å²) >= 11 is 0. The van der Waals surface area contributed by atoms with Gasteiger partial charge in [0.25, 0.3) is 0 Å². The van der Waals surface area contributed by atoms with E-state index in [1.54, 1.807) is 6.33 Å². The molecule has 0 spiro atoms. The molecule has 3 aromatic carbocycles. The number of nitrogens with zero attached hydrogens (tertiary/aromatic N) is 4. The molecule has 0 unspecified atom stereocenters. The van der Waals surface area contributed by atoms with Gasteiger partial charge < -0.3 is 19.9 Å². The summed E-state index contributed by atoms with van der Waals surface area (Å²) in [7, 11) is 0. The Bertz CT molecular complexity index is 1580. The number of nitriles is 1. The molecule has 6 rings (SSSR count). The molecular weight excluding hydrogens is 472 g/mol. The number of nitrogens with one attached hydrogen (secondary N) is 2. The Labute approximate surface area is 221 Å². The molecule has 1 aliphatic rings. The van der Waals surface area contributed by atoms with Crippen molar-refractivity contribution in [1.29, 1.82) is 5.26 Å². The minimum absolute atomic E-state index is 0.412. The van der Waals surface area contributed by atoms with Crippen LogP contribution in [0.2, 0.25) is 0 Å². The van der Waals surface area contributed by atoms with E-state index < -0.39 is 0 Å². The number of rotatable bonds is 7. The van der Waals surface area contributed by atoms with E-state index in [1.807, 2.05) is 89.6 Å². The van der Waals surface area contributed by atoms with Gasteiger partial charge in [-0.3, -0.25) is 0 Å². The Balaban J connectivity index is 1.24. The van der Waals surface area contributed by atoms with Crippen LogP contribution in [0.15, 0.2) is 91.4 Å². The van der Waals surface area contributed by atoms with E-state index >= 15 is 0 Å². The highest BCUT2D eigenvalue weighted by atomic mass is 16.5. The molecule has 1 fully saturated rings. The number of benzene rings is 3. The summed E-state index contributed by atoms with van der Waals surface area (Å²) in [6.07, 6.45) is 9.60. The van der Waals surface area contributed by atoms with Gasteiger partial charge >= 0.3 is 0 Å². The summed E-state index contributed by atoms with van der Waals surface area (Å²) in [5.74, 6) is 2.28. The second-order valence-electron chi connectivity index (χ2n) is 9.53. The van der Waals surface area contributed by atoms with E-state index in [9.17, 15) is 5.26 Å². The first-order valence-corrected chi connectivity index (χ1v) is 13.0. The van der Waals surface area contributed by atoms with E-state index in [-0.39, 0.29) is 0 Å². The number of aromatic nitrogens is 3. The van der Waals surface area contributed by atoms with E-state index in [0.29, 0.717) is 11.6 Å². The Morgan fingerprint density at radius 2 is 1.66 bits per heavy atom. The molecule has 188 valence electrons. The van der Waals surface area contributed by atoms with Crippen molar-refractivity contribution in [3.63, 3.8) is 0 Å². The molecule has 0 aliphatic heterocycles. The summed E-state index contributed by atoms with van der Waals surface area (Å²) in [5.41, 5.74) is 4.18. The predicted octanol–water partition coefficient (Wildman–Crippen LogP) is 7.57. The fourth-order valence-electron chi connectivity index (χ4n) is 4.99. The van der Waals surface area contributed by atoms with E-state index in [2.05, 4.69) is 26.7 Å². The van der Waals surface area contributed by atoms with Gasteiger partial charge in [0.05, 0.1) is 16.6 Å². The second kappa shape index (κ2) is 10.7. The highest BCUT2D eigenvalue weighted by molar-refractivity contribution is 5.90. The topological polar surface area (TPSA) is 87.8 Å². The van der Waals surface area contributed by atoms with Crippen LogP contribution in [0.1, 0.15) is 37.7 Å². The molecule has 0 saturated heterocycles. The Kier molecular flexibility index (Phi) is 6.60. The van der Waals surface area contributed by atoms with Crippen molar-refractivity contribution in [2.75, 3.05) is 10.6 Å². The van der Waals surface area contributed by atoms with Crippen LogP contribution in [0, 0.1) is 11.3 Å². The quantitative estimate of drug-likeness (QED) is 0.240. The van der Waals surface area contributed by atoms with Gasteiger partial charge in [-0.05, 0) is 73.5 Å². The van der Waals surface area contributed by atoms with E-state index in [0.717, 1.165) is 58.3 Å². The monoisotopic (exact) mass is 500 g/mol. The Morgan fingerprint density at radius 3 is 2.45 bits per heavy atom. The maximum atomic E-state index is 9.68. The van der Waals surface area contributed by atoms with Gasteiger partial charge in [-0.25, -0.2) is 9.97 Å². The normalized spacial score (nSPS) is 13.7. The molecule has 38 heavy (non-hydrogen) atoms.